The molecule has 2 heterocycles. The maximum atomic E-state index is 12.0. The van der Waals surface area contributed by atoms with Gasteiger partial charge in [0, 0.05) is 37.6 Å². The highest BCUT2D eigenvalue weighted by atomic mass is 16.6. The first-order chi connectivity index (χ1) is 15.1. The van der Waals surface area contributed by atoms with Gasteiger partial charge in [-0.05, 0) is 49.4 Å². The third-order valence-corrected chi connectivity index (χ3v) is 4.95. The molecule has 0 unspecified atom stereocenters. The second kappa shape index (κ2) is 11.7. The van der Waals surface area contributed by atoms with Crippen molar-refractivity contribution in [3.8, 4) is 11.9 Å². The van der Waals surface area contributed by atoms with E-state index in [4.69, 9.17) is 19.6 Å². The van der Waals surface area contributed by atoms with E-state index in [1.807, 2.05) is 25.1 Å². The van der Waals surface area contributed by atoms with E-state index in [1.54, 1.807) is 24.4 Å². The van der Waals surface area contributed by atoms with Crippen LogP contribution in [0.1, 0.15) is 36.5 Å². The Hall–Kier alpha value is -3.44. The van der Waals surface area contributed by atoms with Gasteiger partial charge in [-0.15, -0.1) is 0 Å². The molecule has 8 heteroatoms. The van der Waals surface area contributed by atoms with Gasteiger partial charge >= 0.3 is 0 Å². The van der Waals surface area contributed by atoms with Crippen LogP contribution in [0.2, 0.25) is 0 Å². The Balaban J connectivity index is 1.40. The van der Waals surface area contributed by atoms with Crippen LogP contribution >= 0.6 is 0 Å². The molecule has 0 saturated carbocycles. The van der Waals surface area contributed by atoms with Gasteiger partial charge < -0.3 is 19.6 Å². The summed E-state index contributed by atoms with van der Waals surface area (Å²) in [4.78, 5) is 21.6. The molecule has 3 rings (SSSR count). The van der Waals surface area contributed by atoms with E-state index in [0.29, 0.717) is 36.2 Å². The van der Waals surface area contributed by atoms with E-state index < -0.39 is 0 Å². The molecule has 0 bridgehead atoms. The number of benzene rings is 1. The van der Waals surface area contributed by atoms with Crippen LogP contribution < -0.4 is 10.1 Å². The average Bonchev–Trinajstić information content (AvgIpc) is 2.82. The van der Waals surface area contributed by atoms with E-state index >= 15 is 0 Å². The number of ether oxygens (including phenoxy) is 2. The fraction of sp³-hybridized carbons (Fsp3) is 0.391. The average molecular weight is 422 g/mol. The molecule has 1 saturated heterocycles. The van der Waals surface area contributed by atoms with Crippen molar-refractivity contribution in [3.05, 3.63) is 59.3 Å². The Bertz CT molecular complexity index is 914. The van der Waals surface area contributed by atoms with Gasteiger partial charge in [-0.1, -0.05) is 17.3 Å². The first-order valence-electron chi connectivity index (χ1n) is 10.2. The van der Waals surface area contributed by atoms with Crippen molar-refractivity contribution in [1.29, 1.82) is 5.26 Å². The monoisotopic (exact) mass is 422 g/mol. The molecule has 2 aromatic rings. The fourth-order valence-electron chi connectivity index (χ4n) is 3.01. The predicted octanol–water partition coefficient (Wildman–Crippen LogP) is 2.82. The molecule has 0 aliphatic carbocycles. The number of hydrogen-bond donors (Lipinski definition) is 1. The summed E-state index contributed by atoms with van der Waals surface area (Å²) in [5, 5.41) is 15.8. The minimum absolute atomic E-state index is 0.0731. The van der Waals surface area contributed by atoms with Gasteiger partial charge in [-0.2, -0.15) is 5.26 Å². The lowest BCUT2D eigenvalue weighted by Crippen LogP contribution is -2.35. The topological polar surface area (TPSA) is 106 Å². The number of hydrogen-bond acceptors (Lipinski definition) is 7. The Morgan fingerprint density at radius 3 is 2.71 bits per heavy atom. The molecule has 0 radical (unpaired) electrons. The van der Waals surface area contributed by atoms with E-state index in [2.05, 4.69) is 21.5 Å². The van der Waals surface area contributed by atoms with Gasteiger partial charge in [0.25, 0.3) is 5.91 Å². The fourth-order valence-corrected chi connectivity index (χ4v) is 3.01. The number of nitrogens with one attached hydrogen (secondary N) is 1. The number of pyridine rings is 1. The predicted molar refractivity (Wildman–Crippen MR) is 114 cm³/mol. The van der Waals surface area contributed by atoms with Crippen molar-refractivity contribution < 1.29 is 19.1 Å². The minimum atomic E-state index is -0.161. The molecular formula is C23H26N4O4. The third-order valence-electron chi connectivity index (χ3n) is 4.95. The van der Waals surface area contributed by atoms with Crippen LogP contribution in [0.15, 0.2) is 47.8 Å². The lowest BCUT2D eigenvalue weighted by atomic mass is 10.0. The quantitative estimate of drug-likeness (QED) is 0.492. The summed E-state index contributed by atoms with van der Waals surface area (Å²) in [6.07, 6.45) is 3.57. The van der Waals surface area contributed by atoms with Gasteiger partial charge in [0.05, 0.1) is 17.3 Å². The second-order valence-electron chi connectivity index (χ2n) is 7.29. The van der Waals surface area contributed by atoms with Gasteiger partial charge in [-0.3, -0.25) is 4.79 Å². The van der Waals surface area contributed by atoms with E-state index in [1.165, 1.54) is 0 Å². The summed E-state index contributed by atoms with van der Waals surface area (Å²) in [6, 6.07) is 12.7. The van der Waals surface area contributed by atoms with Gasteiger partial charge in [0.1, 0.15) is 6.61 Å². The smallest absolute Gasteiger partial charge is 0.258 e. The van der Waals surface area contributed by atoms with Crippen molar-refractivity contribution >= 4 is 11.6 Å². The van der Waals surface area contributed by atoms with Gasteiger partial charge in [0.2, 0.25) is 5.88 Å². The number of rotatable bonds is 9. The molecule has 31 heavy (non-hydrogen) atoms. The minimum Gasteiger partial charge on any atom is -0.468 e. The van der Waals surface area contributed by atoms with Gasteiger partial charge in [-0.25, -0.2) is 4.98 Å². The van der Waals surface area contributed by atoms with E-state index in [9.17, 15) is 4.79 Å². The first kappa shape index (κ1) is 22.2. The largest absolute Gasteiger partial charge is 0.468 e. The van der Waals surface area contributed by atoms with Crippen LogP contribution in [0.25, 0.3) is 0 Å². The third kappa shape index (κ3) is 7.39. The van der Waals surface area contributed by atoms with Crippen LogP contribution in [-0.2, 0) is 21.0 Å². The Labute approximate surface area is 181 Å². The summed E-state index contributed by atoms with van der Waals surface area (Å²) < 4.78 is 10.8. The van der Waals surface area contributed by atoms with Crippen LogP contribution in [0.4, 0.5) is 0 Å². The second-order valence-corrected chi connectivity index (χ2v) is 7.29. The lowest BCUT2D eigenvalue weighted by molar-refractivity contribution is -0.123. The summed E-state index contributed by atoms with van der Waals surface area (Å²) in [5.41, 5.74) is 2.99. The SMILES string of the molecule is C/C(=N\OCc1ccc(C#N)cc1)c1ccc(OCC(=O)NCC2CCOCC2)nc1. The van der Waals surface area contributed by atoms with Crippen LogP contribution in [-0.4, -0.2) is 43.0 Å². The van der Waals surface area contributed by atoms with Crippen molar-refractivity contribution in [2.75, 3.05) is 26.4 Å². The normalized spacial score (nSPS) is 14.5. The van der Waals surface area contributed by atoms with Crippen LogP contribution in [0.3, 0.4) is 0 Å². The number of carbonyl (C=O) groups excluding carboxylic acids is 1. The zero-order chi connectivity index (χ0) is 21.9. The van der Waals surface area contributed by atoms with Crippen LogP contribution in [0, 0.1) is 17.2 Å². The summed E-state index contributed by atoms with van der Waals surface area (Å²) >= 11 is 0. The number of amides is 1. The highest BCUT2D eigenvalue weighted by molar-refractivity contribution is 5.98. The molecule has 1 aliphatic heterocycles. The van der Waals surface area contributed by atoms with Crippen LogP contribution in [0.5, 0.6) is 5.88 Å². The lowest BCUT2D eigenvalue weighted by Gasteiger charge is -2.22. The van der Waals surface area contributed by atoms with E-state index in [0.717, 1.165) is 37.2 Å². The molecule has 1 aliphatic rings. The standard InChI is InChI=1S/C23H26N4O4/c1-17(27-31-15-20-4-2-18(12-24)3-5-20)21-6-7-23(26-14-21)30-16-22(28)25-13-19-8-10-29-11-9-19/h2-7,14,19H,8-11,13,15-16H2,1H3,(H,25,28)/b27-17+. The Kier molecular flexibility index (Phi) is 8.38. The first-order valence-corrected chi connectivity index (χ1v) is 10.2. The Morgan fingerprint density at radius 2 is 2.03 bits per heavy atom. The highest BCUT2D eigenvalue weighted by Gasteiger charge is 2.14. The maximum absolute atomic E-state index is 12.0. The maximum Gasteiger partial charge on any atom is 0.258 e. The molecule has 8 nitrogen and oxygen atoms in total. The number of nitrogens with zero attached hydrogens (tertiary/aromatic N) is 3. The Morgan fingerprint density at radius 1 is 1.26 bits per heavy atom. The van der Waals surface area contributed by atoms with Crippen molar-refractivity contribution in [1.82, 2.24) is 10.3 Å². The van der Waals surface area contributed by atoms with E-state index in [-0.39, 0.29) is 12.5 Å². The molecule has 1 aromatic carbocycles. The highest BCUT2D eigenvalue weighted by Crippen LogP contribution is 2.13. The molecular weight excluding hydrogens is 396 g/mol. The van der Waals surface area contributed by atoms with Crippen molar-refractivity contribution in [3.63, 3.8) is 0 Å². The molecule has 1 aromatic heterocycles. The van der Waals surface area contributed by atoms with Crippen molar-refractivity contribution in [2.24, 2.45) is 11.1 Å². The summed E-state index contributed by atoms with van der Waals surface area (Å²) in [7, 11) is 0. The zero-order valence-corrected chi connectivity index (χ0v) is 17.5. The van der Waals surface area contributed by atoms with Gasteiger partial charge in [0.15, 0.2) is 6.61 Å². The number of oxime groups is 1. The number of carbonyl (C=O) groups is 1. The number of nitriles is 1. The number of aromatic nitrogens is 1. The molecule has 1 N–H and O–H groups in total. The summed E-state index contributed by atoms with van der Waals surface area (Å²) in [6.45, 7) is 4.22. The zero-order valence-electron chi connectivity index (χ0n) is 17.5. The van der Waals surface area contributed by atoms with Crippen molar-refractivity contribution in [2.45, 2.75) is 26.4 Å². The summed E-state index contributed by atoms with van der Waals surface area (Å²) in [5.74, 6) is 0.680. The molecule has 0 atom stereocenters. The molecule has 1 fully saturated rings. The molecule has 1 amide bonds. The molecule has 162 valence electrons. The molecule has 0 spiro atoms.